The van der Waals surface area contributed by atoms with Crippen molar-refractivity contribution in [1.29, 1.82) is 0 Å². The molecule has 154 valence electrons. The molecule has 4 rings (SSSR count). The number of hydrogen-bond donors (Lipinski definition) is 2. The predicted octanol–water partition coefficient (Wildman–Crippen LogP) is 4.83. The lowest BCUT2D eigenvalue weighted by Gasteiger charge is -2.12. The van der Waals surface area contributed by atoms with Crippen molar-refractivity contribution in [2.24, 2.45) is 0 Å². The van der Waals surface area contributed by atoms with Crippen molar-refractivity contribution in [2.75, 3.05) is 5.32 Å². The number of anilines is 1. The molecule has 30 heavy (non-hydrogen) atoms. The Labute approximate surface area is 183 Å². The summed E-state index contributed by atoms with van der Waals surface area (Å²) in [6.45, 7) is 2.18. The van der Waals surface area contributed by atoms with Gasteiger partial charge in [0.2, 0.25) is 0 Å². The average Bonchev–Trinajstić information content (AvgIpc) is 3.39. The Morgan fingerprint density at radius 1 is 1.17 bits per heavy atom. The zero-order valence-corrected chi connectivity index (χ0v) is 17.8. The number of halogens is 1. The number of carbonyl (C=O) groups excluding carboxylic acids is 2. The second-order valence-electron chi connectivity index (χ2n) is 7.15. The molecule has 1 aliphatic rings. The summed E-state index contributed by atoms with van der Waals surface area (Å²) in [4.78, 5) is 29.2. The number of carbonyl (C=O) groups is 2. The molecule has 0 bridgehead atoms. The van der Waals surface area contributed by atoms with Gasteiger partial charge < -0.3 is 15.4 Å². The fourth-order valence-corrected chi connectivity index (χ4v) is 3.59. The van der Waals surface area contributed by atoms with Crippen molar-refractivity contribution >= 4 is 40.4 Å². The summed E-state index contributed by atoms with van der Waals surface area (Å²) in [7, 11) is 0. The van der Waals surface area contributed by atoms with Crippen LogP contribution in [0.15, 0.2) is 47.3 Å². The number of benzene rings is 2. The molecule has 2 N–H and O–H groups in total. The Bertz CT molecular complexity index is 1080. The topological polar surface area (TPSA) is 80.3 Å². The molecule has 2 aromatic carbocycles. The van der Waals surface area contributed by atoms with Crippen LogP contribution in [0.1, 0.15) is 44.8 Å². The fraction of sp³-hybridized carbons (Fsp3) is 0.227. The maximum absolute atomic E-state index is 12.7. The molecule has 1 heterocycles. The number of amides is 2. The third-order valence-electron chi connectivity index (χ3n) is 4.71. The molecular weight excluding hydrogens is 422 g/mol. The molecule has 6 nitrogen and oxygen atoms in total. The molecule has 1 saturated carbocycles. The number of nitrogens with zero attached hydrogens (tertiary/aromatic N) is 1. The van der Waals surface area contributed by atoms with Gasteiger partial charge in [0.15, 0.2) is 0 Å². The van der Waals surface area contributed by atoms with Gasteiger partial charge in [0, 0.05) is 28.2 Å². The van der Waals surface area contributed by atoms with Crippen LogP contribution in [0.25, 0.3) is 0 Å². The minimum Gasteiger partial charge on any atom is -0.486 e. The van der Waals surface area contributed by atoms with Crippen molar-refractivity contribution in [3.8, 4) is 5.75 Å². The zero-order valence-electron chi connectivity index (χ0n) is 16.3. The molecule has 0 atom stereocenters. The monoisotopic (exact) mass is 441 g/mol. The van der Waals surface area contributed by atoms with Crippen LogP contribution in [0.3, 0.4) is 0 Å². The second-order valence-corrected chi connectivity index (χ2v) is 8.27. The highest BCUT2D eigenvalue weighted by Gasteiger charge is 2.24. The van der Waals surface area contributed by atoms with Gasteiger partial charge in [0.1, 0.15) is 12.4 Å². The highest BCUT2D eigenvalue weighted by molar-refractivity contribution is 7.07. The van der Waals surface area contributed by atoms with Crippen LogP contribution in [-0.4, -0.2) is 22.8 Å². The van der Waals surface area contributed by atoms with E-state index >= 15 is 0 Å². The molecule has 0 radical (unpaired) electrons. The van der Waals surface area contributed by atoms with Crippen molar-refractivity contribution in [3.05, 3.63) is 74.7 Å². The van der Waals surface area contributed by atoms with E-state index in [9.17, 15) is 9.59 Å². The average molecular weight is 442 g/mol. The molecule has 3 aromatic rings. The van der Waals surface area contributed by atoms with Crippen LogP contribution in [0.4, 0.5) is 5.69 Å². The first-order chi connectivity index (χ1) is 14.5. The molecule has 0 spiro atoms. The lowest BCUT2D eigenvalue weighted by molar-refractivity contribution is 0.0949. The lowest BCUT2D eigenvalue weighted by Crippen LogP contribution is -2.25. The minimum absolute atomic E-state index is 0.127. The van der Waals surface area contributed by atoms with Gasteiger partial charge in [-0.2, -0.15) is 0 Å². The molecule has 1 aromatic heterocycles. The molecule has 8 heteroatoms. The standard InChI is InChI=1S/C22H20ClN3O3S/c1-13-2-3-15(21(27)25-16-5-6-16)9-19(13)26-22(28)14-4-7-20(18(23)8-14)29-10-17-11-30-12-24-17/h2-4,7-9,11-12,16H,5-6,10H2,1H3,(H,25,27)(H,26,28). The maximum atomic E-state index is 12.7. The van der Waals surface area contributed by atoms with E-state index in [4.69, 9.17) is 16.3 Å². The normalized spacial score (nSPS) is 13.0. The molecule has 1 fully saturated rings. The number of rotatable bonds is 7. The Morgan fingerprint density at radius 3 is 2.63 bits per heavy atom. The van der Waals surface area contributed by atoms with Crippen LogP contribution < -0.4 is 15.4 Å². The molecule has 1 aliphatic carbocycles. The van der Waals surface area contributed by atoms with E-state index in [2.05, 4.69) is 15.6 Å². The Kier molecular flexibility index (Phi) is 6.01. The van der Waals surface area contributed by atoms with Crippen LogP contribution in [0.2, 0.25) is 5.02 Å². The van der Waals surface area contributed by atoms with Gasteiger partial charge in [-0.15, -0.1) is 11.3 Å². The summed E-state index contributed by atoms with van der Waals surface area (Å²) in [5, 5.41) is 8.06. The van der Waals surface area contributed by atoms with E-state index < -0.39 is 0 Å². The number of thiazole rings is 1. The SMILES string of the molecule is Cc1ccc(C(=O)NC2CC2)cc1NC(=O)c1ccc(OCc2cscn2)c(Cl)c1. The summed E-state index contributed by atoms with van der Waals surface area (Å²) < 4.78 is 5.67. The Hall–Kier alpha value is -2.90. The van der Waals surface area contributed by atoms with E-state index in [-0.39, 0.29) is 17.9 Å². The highest BCUT2D eigenvalue weighted by Crippen LogP contribution is 2.27. The maximum Gasteiger partial charge on any atom is 0.255 e. The third kappa shape index (κ3) is 4.98. The fourth-order valence-electron chi connectivity index (χ4n) is 2.81. The number of hydrogen-bond acceptors (Lipinski definition) is 5. The number of nitrogens with one attached hydrogen (secondary N) is 2. The highest BCUT2D eigenvalue weighted by atomic mass is 35.5. The van der Waals surface area contributed by atoms with E-state index in [1.807, 2.05) is 18.4 Å². The van der Waals surface area contributed by atoms with E-state index in [1.165, 1.54) is 11.3 Å². The molecule has 0 saturated heterocycles. The smallest absolute Gasteiger partial charge is 0.255 e. The largest absolute Gasteiger partial charge is 0.486 e. The van der Waals surface area contributed by atoms with Crippen molar-refractivity contribution < 1.29 is 14.3 Å². The van der Waals surface area contributed by atoms with Gasteiger partial charge in [0.05, 0.1) is 16.2 Å². The molecule has 0 aliphatic heterocycles. The van der Waals surface area contributed by atoms with E-state index in [0.717, 1.165) is 24.1 Å². The first-order valence-electron chi connectivity index (χ1n) is 9.52. The minimum atomic E-state index is -0.314. The lowest BCUT2D eigenvalue weighted by atomic mass is 10.1. The van der Waals surface area contributed by atoms with Crippen LogP contribution in [0.5, 0.6) is 5.75 Å². The van der Waals surface area contributed by atoms with Crippen LogP contribution in [0, 0.1) is 6.92 Å². The summed E-state index contributed by atoms with van der Waals surface area (Å²) in [6.07, 6.45) is 2.04. The number of aryl methyl sites for hydroxylation is 1. The van der Waals surface area contributed by atoms with Crippen LogP contribution in [-0.2, 0) is 6.61 Å². The van der Waals surface area contributed by atoms with E-state index in [0.29, 0.717) is 34.2 Å². The predicted molar refractivity (Wildman–Crippen MR) is 118 cm³/mol. The first-order valence-corrected chi connectivity index (χ1v) is 10.8. The van der Waals surface area contributed by atoms with Crippen LogP contribution >= 0.6 is 22.9 Å². The molecule has 2 amide bonds. The summed E-state index contributed by atoms with van der Waals surface area (Å²) in [6, 6.07) is 10.4. The van der Waals surface area contributed by atoms with Crippen molar-refractivity contribution in [3.63, 3.8) is 0 Å². The molecule has 0 unspecified atom stereocenters. The van der Waals surface area contributed by atoms with Gasteiger partial charge in [0.25, 0.3) is 11.8 Å². The van der Waals surface area contributed by atoms with Gasteiger partial charge in [-0.1, -0.05) is 17.7 Å². The quantitative estimate of drug-likeness (QED) is 0.550. The molecular formula is C22H20ClN3O3S. The Morgan fingerprint density at radius 2 is 1.93 bits per heavy atom. The number of aromatic nitrogens is 1. The summed E-state index contributed by atoms with van der Waals surface area (Å²) >= 11 is 7.79. The zero-order chi connectivity index (χ0) is 21.1. The van der Waals surface area contributed by atoms with Gasteiger partial charge in [-0.25, -0.2) is 4.98 Å². The van der Waals surface area contributed by atoms with Gasteiger partial charge >= 0.3 is 0 Å². The first kappa shape index (κ1) is 20.4. The van der Waals surface area contributed by atoms with Gasteiger partial charge in [-0.05, 0) is 55.7 Å². The summed E-state index contributed by atoms with van der Waals surface area (Å²) in [5.74, 6) is 0.0413. The number of ether oxygens (including phenoxy) is 1. The van der Waals surface area contributed by atoms with E-state index in [1.54, 1.807) is 35.8 Å². The Balaban J connectivity index is 1.44. The third-order valence-corrected chi connectivity index (χ3v) is 5.64. The summed E-state index contributed by atoms with van der Waals surface area (Å²) in [5.41, 5.74) is 4.92. The van der Waals surface area contributed by atoms with Gasteiger partial charge in [-0.3, -0.25) is 9.59 Å². The van der Waals surface area contributed by atoms with Crippen molar-refractivity contribution in [2.45, 2.75) is 32.4 Å². The van der Waals surface area contributed by atoms with Crippen molar-refractivity contribution in [1.82, 2.24) is 10.3 Å². The second kappa shape index (κ2) is 8.85.